The molecule has 0 unspecified atom stereocenters. The lowest BCUT2D eigenvalue weighted by molar-refractivity contribution is -0.126. The molecule has 1 aromatic carbocycles. The molecule has 0 aromatic heterocycles. The molecule has 0 radical (unpaired) electrons. The van der Waals surface area contributed by atoms with Crippen molar-refractivity contribution in [2.75, 3.05) is 31.6 Å². The normalized spacial score (nSPS) is 18.8. The minimum atomic E-state index is -0.482. The molecule has 26 heavy (non-hydrogen) atoms. The van der Waals surface area contributed by atoms with Crippen molar-refractivity contribution < 1.29 is 19.1 Å². The summed E-state index contributed by atoms with van der Waals surface area (Å²) in [6.07, 6.45) is 1.68. The Balaban J connectivity index is 0.00000338. The van der Waals surface area contributed by atoms with Gasteiger partial charge in [-0.3, -0.25) is 9.59 Å². The molecule has 1 heterocycles. The van der Waals surface area contributed by atoms with E-state index >= 15 is 0 Å². The molecule has 0 spiro atoms. The number of hydrogen-bond donors (Lipinski definition) is 3. The van der Waals surface area contributed by atoms with Crippen molar-refractivity contribution in [2.24, 2.45) is 5.73 Å². The fourth-order valence-corrected chi connectivity index (χ4v) is 2.66. The van der Waals surface area contributed by atoms with E-state index in [2.05, 4.69) is 10.6 Å². The van der Waals surface area contributed by atoms with E-state index in [1.807, 2.05) is 6.92 Å². The van der Waals surface area contributed by atoms with Crippen molar-refractivity contribution in [3.63, 3.8) is 0 Å². The molecule has 7 nitrogen and oxygen atoms in total. The Bertz CT molecular complexity index is 585. The molecule has 0 saturated carbocycles. The van der Waals surface area contributed by atoms with Gasteiger partial charge in [-0.05, 0) is 44.4 Å². The monoisotopic (exact) mass is 385 g/mol. The predicted molar refractivity (Wildman–Crippen MR) is 103 cm³/mol. The highest BCUT2D eigenvalue weighted by Crippen LogP contribution is 2.20. The predicted octanol–water partition coefficient (Wildman–Crippen LogP) is 1.71. The summed E-state index contributed by atoms with van der Waals surface area (Å²) >= 11 is 0. The molecule has 0 aliphatic carbocycles. The molecular formula is C18H28ClN3O4. The van der Waals surface area contributed by atoms with Crippen LogP contribution in [0.15, 0.2) is 24.3 Å². The number of carbonyl (C=O) groups is 2. The van der Waals surface area contributed by atoms with Gasteiger partial charge in [0.15, 0.2) is 0 Å². The molecular weight excluding hydrogens is 358 g/mol. The third-order valence-corrected chi connectivity index (χ3v) is 4.01. The molecule has 0 bridgehead atoms. The Labute approximate surface area is 160 Å². The number of hydrogen-bond acceptors (Lipinski definition) is 5. The van der Waals surface area contributed by atoms with E-state index in [0.29, 0.717) is 44.0 Å². The Morgan fingerprint density at radius 2 is 2.15 bits per heavy atom. The van der Waals surface area contributed by atoms with Crippen LogP contribution in [0.4, 0.5) is 5.69 Å². The Morgan fingerprint density at radius 3 is 2.85 bits per heavy atom. The number of anilines is 1. The molecule has 1 fully saturated rings. The first-order chi connectivity index (χ1) is 12.1. The van der Waals surface area contributed by atoms with Gasteiger partial charge in [0.2, 0.25) is 0 Å². The fourth-order valence-electron chi connectivity index (χ4n) is 2.66. The van der Waals surface area contributed by atoms with Crippen molar-refractivity contribution >= 4 is 29.9 Å². The zero-order valence-corrected chi connectivity index (χ0v) is 15.8. The van der Waals surface area contributed by atoms with Gasteiger partial charge in [0.25, 0.3) is 11.8 Å². The minimum Gasteiger partial charge on any atom is -0.382 e. The van der Waals surface area contributed by atoms with Crippen LogP contribution in [0.5, 0.6) is 0 Å². The number of nitrogens with one attached hydrogen (secondary N) is 2. The number of ether oxygens (including phenoxy) is 2. The molecule has 2 atom stereocenters. The largest absolute Gasteiger partial charge is 0.382 e. The van der Waals surface area contributed by atoms with Crippen LogP contribution in [0.2, 0.25) is 0 Å². The number of amides is 2. The Hall–Kier alpha value is -1.67. The first-order valence-corrected chi connectivity index (χ1v) is 8.76. The highest BCUT2D eigenvalue weighted by molar-refractivity contribution is 5.98. The van der Waals surface area contributed by atoms with Crippen LogP contribution in [0.3, 0.4) is 0 Å². The lowest BCUT2D eigenvalue weighted by Crippen LogP contribution is -2.30. The highest BCUT2D eigenvalue weighted by atomic mass is 35.5. The first-order valence-electron chi connectivity index (χ1n) is 8.76. The maximum atomic E-state index is 12.2. The van der Waals surface area contributed by atoms with Crippen LogP contribution in [0, 0.1) is 0 Å². The van der Waals surface area contributed by atoms with Gasteiger partial charge >= 0.3 is 0 Å². The van der Waals surface area contributed by atoms with Gasteiger partial charge in [-0.25, -0.2) is 0 Å². The summed E-state index contributed by atoms with van der Waals surface area (Å²) in [7, 11) is 0. The maximum Gasteiger partial charge on any atom is 0.253 e. The van der Waals surface area contributed by atoms with Crippen molar-refractivity contribution in [1.29, 1.82) is 0 Å². The van der Waals surface area contributed by atoms with Crippen LogP contribution < -0.4 is 16.4 Å². The van der Waals surface area contributed by atoms with E-state index in [-0.39, 0.29) is 30.3 Å². The van der Waals surface area contributed by atoms with E-state index in [1.54, 1.807) is 24.3 Å². The molecule has 1 aliphatic rings. The molecule has 1 aliphatic heterocycles. The molecule has 1 saturated heterocycles. The van der Waals surface area contributed by atoms with E-state index in [4.69, 9.17) is 15.2 Å². The maximum absolute atomic E-state index is 12.2. The molecule has 2 rings (SSSR count). The van der Waals surface area contributed by atoms with Gasteiger partial charge in [0.1, 0.15) is 6.10 Å². The van der Waals surface area contributed by atoms with Gasteiger partial charge in [0.05, 0.1) is 6.10 Å². The number of nitrogens with two attached hydrogens (primary N) is 1. The SMILES string of the molecule is CCOCCCNC(=O)c1cccc(NC(=O)[C@@H]2CC[C@H](CN)O2)c1.Cl. The second-order valence-electron chi connectivity index (χ2n) is 5.94. The summed E-state index contributed by atoms with van der Waals surface area (Å²) in [4.78, 5) is 24.4. The van der Waals surface area contributed by atoms with E-state index in [0.717, 1.165) is 12.8 Å². The lowest BCUT2D eigenvalue weighted by atomic mass is 10.1. The Kier molecular flexibility index (Phi) is 10.2. The average molecular weight is 386 g/mol. The van der Waals surface area contributed by atoms with E-state index < -0.39 is 6.10 Å². The van der Waals surface area contributed by atoms with Crippen LogP contribution in [-0.2, 0) is 14.3 Å². The van der Waals surface area contributed by atoms with Crippen molar-refractivity contribution in [3.05, 3.63) is 29.8 Å². The summed E-state index contributed by atoms with van der Waals surface area (Å²) in [6.45, 7) is 4.20. The quantitative estimate of drug-likeness (QED) is 0.561. The van der Waals surface area contributed by atoms with E-state index in [1.165, 1.54) is 0 Å². The van der Waals surface area contributed by atoms with Crippen LogP contribution in [0.1, 0.15) is 36.5 Å². The molecule has 2 amide bonds. The first kappa shape index (κ1) is 22.4. The summed E-state index contributed by atoms with van der Waals surface area (Å²) in [6, 6.07) is 6.86. The molecule has 1 aromatic rings. The van der Waals surface area contributed by atoms with Crippen molar-refractivity contribution in [3.8, 4) is 0 Å². The van der Waals surface area contributed by atoms with Gasteiger partial charge in [-0.15, -0.1) is 12.4 Å². The molecule has 4 N–H and O–H groups in total. The summed E-state index contributed by atoms with van der Waals surface area (Å²) in [5, 5.41) is 5.64. The number of rotatable bonds is 9. The lowest BCUT2D eigenvalue weighted by Gasteiger charge is -2.13. The topological polar surface area (TPSA) is 103 Å². The van der Waals surface area contributed by atoms with Crippen molar-refractivity contribution in [2.45, 2.75) is 38.4 Å². The molecule has 146 valence electrons. The Morgan fingerprint density at radius 1 is 1.35 bits per heavy atom. The van der Waals surface area contributed by atoms with Gasteiger partial charge in [-0.2, -0.15) is 0 Å². The highest BCUT2D eigenvalue weighted by Gasteiger charge is 2.29. The zero-order valence-electron chi connectivity index (χ0n) is 15.0. The zero-order chi connectivity index (χ0) is 18.1. The van der Waals surface area contributed by atoms with Crippen LogP contribution in [0.25, 0.3) is 0 Å². The van der Waals surface area contributed by atoms with Gasteiger partial charge < -0.3 is 25.8 Å². The summed E-state index contributed by atoms with van der Waals surface area (Å²) < 4.78 is 10.8. The molecule has 8 heteroatoms. The van der Waals surface area contributed by atoms with Crippen LogP contribution in [-0.4, -0.2) is 50.3 Å². The minimum absolute atomic E-state index is 0. The number of carbonyl (C=O) groups excluding carboxylic acids is 2. The number of benzene rings is 1. The van der Waals surface area contributed by atoms with Gasteiger partial charge in [0, 0.05) is 37.6 Å². The van der Waals surface area contributed by atoms with Crippen molar-refractivity contribution in [1.82, 2.24) is 5.32 Å². The van der Waals surface area contributed by atoms with Crippen LogP contribution >= 0.6 is 12.4 Å². The van der Waals surface area contributed by atoms with Gasteiger partial charge in [-0.1, -0.05) is 6.07 Å². The second-order valence-corrected chi connectivity index (χ2v) is 5.94. The smallest absolute Gasteiger partial charge is 0.253 e. The standard InChI is InChI=1S/C18H27N3O4.ClH/c1-2-24-10-4-9-20-17(22)13-5-3-6-14(11-13)21-18(23)16-8-7-15(12-19)25-16;/h3,5-6,11,15-16H,2,4,7-10,12,19H2,1H3,(H,20,22)(H,21,23);1H/t15-,16+;/m1./s1. The van der Waals surface area contributed by atoms with E-state index in [9.17, 15) is 9.59 Å². The number of halogens is 1. The third-order valence-electron chi connectivity index (χ3n) is 4.01. The second kappa shape index (κ2) is 11.9. The third kappa shape index (κ3) is 6.92. The fraction of sp³-hybridized carbons (Fsp3) is 0.556. The average Bonchev–Trinajstić information content (AvgIpc) is 3.11. The summed E-state index contributed by atoms with van der Waals surface area (Å²) in [5.74, 6) is -0.377. The summed E-state index contributed by atoms with van der Waals surface area (Å²) in [5.41, 5.74) is 6.64.